The number of ether oxygens (including phenoxy) is 1. The minimum absolute atomic E-state index is 0.115. The van der Waals surface area contributed by atoms with E-state index >= 15 is 0 Å². The molecule has 0 saturated carbocycles. The van der Waals surface area contributed by atoms with E-state index in [1.165, 1.54) is 11.1 Å². The molecule has 3 nitrogen and oxygen atoms in total. The largest absolute Gasteiger partial charge is 0.371 e. The maximum absolute atomic E-state index is 13.1. The van der Waals surface area contributed by atoms with Gasteiger partial charge in [0.2, 0.25) is 0 Å². The van der Waals surface area contributed by atoms with E-state index in [-0.39, 0.29) is 11.5 Å². The fraction of sp³-hybridized carbons (Fsp3) is 0.409. The second kappa shape index (κ2) is 7.01. The number of carbonyl (C=O) groups is 1. The van der Waals surface area contributed by atoms with E-state index < -0.39 is 0 Å². The van der Waals surface area contributed by atoms with Gasteiger partial charge in [0, 0.05) is 18.7 Å². The molecule has 0 aliphatic carbocycles. The molecule has 3 heteroatoms. The van der Waals surface area contributed by atoms with E-state index in [9.17, 15) is 4.79 Å². The van der Waals surface area contributed by atoms with Gasteiger partial charge in [-0.15, -0.1) is 0 Å². The van der Waals surface area contributed by atoms with Crippen molar-refractivity contribution in [3.05, 3.63) is 70.3 Å². The van der Waals surface area contributed by atoms with Crippen LogP contribution in [0.5, 0.6) is 0 Å². The summed E-state index contributed by atoms with van der Waals surface area (Å²) in [5, 5.41) is 0. The summed E-state index contributed by atoms with van der Waals surface area (Å²) in [5.41, 5.74) is 5.27. The van der Waals surface area contributed by atoms with Crippen LogP contribution in [0.25, 0.3) is 0 Å². The van der Waals surface area contributed by atoms with Crippen molar-refractivity contribution in [1.82, 2.24) is 4.90 Å². The Bertz CT molecular complexity index is 774. The highest BCUT2D eigenvalue weighted by Gasteiger charge is 2.23. The molecular weight excluding hydrogens is 310 g/mol. The summed E-state index contributed by atoms with van der Waals surface area (Å²) in [7, 11) is 0. The number of amides is 1. The van der Waals surface area contributed by atoms with Crippen LogP contribution in [0.3, 0.4) is 0 Å². The summed E-state index contributed by atoms with van der Waals surface area (Å²) in [5.74, 6) is 0.115. The second-order valence-electron chi connectivity index (χ2n) is 7.80. The number of aryl methyl sites for hydroxylation is 1. The zero-order valence-corrected chi connectivity index (χ0v) is 15.6. The summed E-state index contributed by atoms with van der Waals surface area (Å²) in [6.07, 6.45) is 0.924. The molecule has 132 valence electrons. The van der Waals surface area contributed by atoms with Gasteiger partial charge in [-0.3, -0.25) is 4.79 Å². The molecule has 3 rings (SSSR count). The topological polar surface area (TPSA) is 29.5 Å². The molecular formula is C22H27NO2. The lowest BCUT2D eigenvalue weighted by atomic mass is 9.98. The molecule has 0 unspecified atom stereocenters. The van der Waals surface area contributed by atoms with Gasteiger partial charge >= 0.3 is 0 Å². The fourth-order valence-corrected chi connectivity index (χ4v) is 3.13. The van der Waals surface area contributed by atoms with Crippen molar-refractivity contribution in [3.63, 3.8) is 0 Å². The standard InChI is InChI=1S/C22H27NO2/c1-16-9-10-17(15-25-22(2,3)4)13-20(16)21(24)23-12-11-18-7-5-6-8-19(18)14-23/h5-10,13H,11-12,14-15H2,1-4H3. The number of nitrogens with zero attached hydrogens (tertiary/aromatic N) is 1. The predicted octanol–water partition coefficient (Wildman–Crippen LogP) is 4.51. The third-order valence-electron chi connectivity index (χ3n) is 4.62. The van der Waals surface area contributed by atoms with E-state index in [2.05, 4.69) is 18.2 Å². The van der Waals surface area contributed by atoms with Crippen LogP contribution in [0.15, 0.2) is 42.5 Å². The molecule has 25 heavy (non-hydrogen) atoms. The monoisotopic (exact) mass is 337 g/mol. The number of carbonyl (C=O) groups excluding carboxylic acids is 1. The molecule has 0 spiro atoms. The van der Waals surface area contributed by atoms with Crippen molar-refractivity contribution < 1.29 is 9.53 Å². The molecule has 2 aromatic rings. The van der Waals surface area contributed by atoms with Gasteiger partial charge in [-0.25, -0.2) is 0 Å². The molecule has 2 aromatic carbocycles. The maximum Gasteiger partial charge on any atom is 0.254 e. The van der Waals surface area contributed by atoms with Gasteiger partial charge in [0.25, 0.3) is 5.91 Å². The fourth-order valence-electron chi connectivity index (χ4n) is 3.13. The molecule has 1 heterocycles. The van der Waals surface area contributed by atoms with Crippen molar-refractivity contribution in [1.29, 1.82) is 0 Å². The lowest BCUT2D eigenvalue weighted by Crippen LogP contribution is -2.36. The smallest absolute Gasteiger partial charge is 0.254 e. The Kier molecular flexibility index (Phi) is 4.96. The Labute approximate surface area is 150 Å². The Morgan fingerprint density at radius 3 is 2.56 bits per heavy atom. The molecule has 0 saturated heterocycles. The van der Waals surface area contributed by atoms with Crippen molar-refractivity contribution in [2.24, 2.45) is 0 Å². The summed E-state index contributed by atoms with van der Waals surface area (Å²) >= 11 is 0. The number of rotatable bonds is 3. The number of hydrogen-bond acceptors (Lipinski definition) is 2. The highest BCUT2D eigenvalue weighted by Crippen LogP contribution is 2.22. The Morgan fingerprint density at radius 2 is 1.84 bits per heavy atom. The number of fused-ring (bicyclic) bond motifs is 1. The Hall–Kier alpha value is -2.13. The molecule has 0 bridgehead atoms. The third-order valence-corrected chi connectivity index (χ3v) is 4.62. The summed E-state index contributed by atoms with van der Waals surface area (Å²) in [6, 6.07) is 14.4. The summed E-state index contributed by atoms with van der Waals surface area (Å²) < 4.78 is 5.86. The molecule has 0 fully saturated rings. The van der Waals surface area contributed by atoms with E-state index in [0.717, 1.165) is 29.7 Å². The van der Waals surface area contributed by atoms with E-state index in [4.69, 9.17) is 4.74 Å². The van der Waals surface area contributed by atoms with Crippen LogP contribution in [0.1, 0.15) is 53.4 Å². The quantitative estimate of drug-likeness (QED) is 0.825. The van der Waals surface area contributed by atoms with Crippen molar-refractivity contribution >= 4 is 5.91 Å². The van der Waals surface area contributed by atoms with Gasteiger partial charge in [-0.2, -0.15) is 0 Å². The second-order valence-corrected chi connectivity index (χ2v) is 7.80. The summed E-state index contributed by atoms with van der Waals surface area (Å²) in [6.45, 7) is 10.1. The maximum atomic E-state index is 13.1. The average Bonchev–Trinajstić information content (AvgIpc) is 2.59. The average molecular weight is 337 g/mol. The van der Waals surface area contributed by atoms with Crippen LogP contribution in [0, 0.1) is 6.92 Å². The van der Waals surface area contributed by atoms with Gasteiger partial charge in [0.05, 0.1) is 12.2 Å². The molecule has 1 amide bonds. The van der Waals surface area contributed by atoms with Crippen LogP contribution >= 0.6 is 0 Å². The summed E-state index contributed by atoms with van der Waals surface area (Å²) in [4.78, 5) is 15.0. The van der Waals surface area contributed by atoms with E-state index in [0.29, 0.717) is 13.2 Å². The van der Waals surface area contributed by atoms with Crippen LogP contribution < -0.4 is 0 Å². The lowest BCUT2D eigenvalue weighted by Gasteiger charge is -2.29. The molecule has 1 aliphatic rings. The molecule has 0 radical (unpaired) electrons. The van der Waals surface area contributed by atoms with Crippen molar-refractivity contribution in [3.8, 4) is 0 Å². The Morgan fingerprint density at radius 1 is 1.12 bits per heavy atom. The normalized spacial score (nSPS) is 14.3. The van der Waals surface area contributed by atoms with Crippen LogP contribution in [0.2, 0.25) is 0 Å². The first-order valence-corrected chi connectivity index (χ1v) is 8.93. The highest BCUT2D eigenvalue weighted by atomic mass is 16.5. The van der Waals surface area contributed by atoms with Gasteiger partial charge < -0.3 is 9.64 Å². The van der Waals surface area contributed by atoms with E-state index in [1.807, 2.05) is 56.9 Å². The number of hydrogen-bond donors (Lipinski definition) is 0. The van der Waals surface area contributed by atoms with Crippen molar-refractivity contribution in [2.75, 3.05) is 6.54 Å². The lowest BCUT2D eigenvalue weighted by molar-refractivity contribution is -0.0149. The van der Waals surface area contributed by atoms with Crippen molar-refractivity contribution in [2.45, 2.75) is 52.9 Å². The minimum Gasteiger partial charge on any atom is -0.371 e. The van der Waals surface area contributed by atoms with Gasteiger partial charge in [-0.05, 0) is 62.4 Å². The molecule has 0 aromatic heterocycles. The Balaban J connectivity index is 1.78. The SMILES string of the molecule is Cc1ccc(COC(C)(C)C)cc1C(=O)N1CCc2ccccc2C1. The van der Waals surface area contributed by atoms with Gasteiger partial charge in [0.15, 0.2) is 0 Å². The molecule has 0 N–H and O–H groups in total. The first-order chi connectivity index (χ1) is 11.8. The zero-order chi connectivity index (χ0) is 18.0. The zero-order valence-electron chi connectivity index (χ0n) is 15.6. The highest BCUT2D eigenvalue weighted by molar-refractivity contribution is 5.96. The molecule has 0 atom stereocenters. The van der Waals surface area contributed by atoms with Crippen LogP contribution in [0.4, 0.5) is 0 Å². The van der Waals surface area contributed by atoms with Crippen LogP contribution in [-0.2, 0) is 24.3 Å². The van der Waals surface area contributed by atoms with Gasteiger partial charge in [0.1, 0.15) is 0 Å². The third kappa shape index (κ3) is 4.29. The first-order valence-electron chi connectivity index (χ1n) is 8.93. The van der Waals surface area contributed by atoms with Gasteiger partial charge in [-0.1, -0.05) is 36.4 Å². The number of benzene rings is 2. The minimum atomic E-state index is -0.189. The molecule has 1 aliphatic heterocycles. The predicted molar refractivity (Wildman–Crippen MR) is 101 cm³/mol. The van der Waals surface area contributed by atoms with E-state index in [1.54, 1.807) is 0 Å². The first kappa shape index (κ1) is 17.7. The van der Waals surface area contributed by atoms with Crippen LogP contribution in [-0.4, -0.2) is 23.0 Å².